The molecule has 3 rings (SSSR count). The average molecular weight is 419 g/mol. The van der Waals surface area contributed by atoms with Crippen molar-refractivity contribution in [2.75, 3.05) is 20.3 Å². The number of methoxy groups -OCH3 is 1. The van der Waals surface area contributed by atoms with E-state index in [1.807, 2.05) is 30.3 Å². The van der Waals surface area contributed by atoms with Crippen molar-refractivity contribution in [1.82, 2.24) is 5.32 Å². The molecule has 0 aliphatic rings. The maximum absolute atomic E-state index is 12.2. The van der Waals surface area contributed by atoms with Gasteiger partial charge in [0.05, 0.1) is 7.11 Å². The molecule has 0 spiro atoms. The average Bonchev–Trinajstić information content (AvgIpc) is 2.82. The topological polar surface area (TPSA) is 90.9 Å². The summed E-state index contributed by atoms with van der Waals surface area (Å²) in [6.07, 6.45) is 0. The Kier molecular flexibility index (Phi) is 7.37. The number of carbonyl (C=O) groups is 3. The van der Waals surface area contributed by atoms with Crippen molar-refractivity contribution in [2.24, 2.45) is 0 Å². The van der Waals surface area contributed by atoms with Crippen LogP contribution in [-0.4, -0.2) is 37.9 Å². The van der Waals surface area contributed by atoms with Crippen LogP contribution in [0.1, 0.15) is 20.7 Å². The number of nitrogens with one attached hydrogen (secondary N) is 1. The lowest BCUT2D eigenvalue weighted by molar-refractivity contribution is -0.141. The summed E-state index contributed by atoms with van der Waals surface area (Å²) in [5.41, 5.74) is 0.762. The first-order valence-corrected chi connectivity index (χ1v) is 9.49. The number of carbonyl (C=O) groups excluding carboxylic acids is 3. The van der Waals surface area contributed by atoms with Crippen molar-refractivity contribution in [3.63, 3.8) is 0 Å². The Bertz CT molecular complexity index is 1030. The van der Waals surface area contributed by atoms with Crippen molar-refractivity contribution in [3.8, 4) is 17.2 Å². The summed E-state index contributed by atoms with van der Waals surface area (Å²) in [4.78, 5) is 36.1. The van der Waals surface area contributed by atoms with E-state index in [1.165, 1.54) is 7.11 Å². The molecule has 7 heteroatoms. The number of Topliss-reactive ketones (excluding diaryl/α,β-unsaturated/α-hetero) is 1. The molecule has 0 saturated heterocycles. The van der Waals surface area contributed by atoms with E-state index in [4.69, 9.17) is 14.2 Å². The zero-order valence-corrected chi connectivity index (χ0v) is 16.9. The number of benzene rings is 3. The van der Waals surface area contributed by atoms with Gasteiger partial charge in [-0.05, 0) is 60.7 Å². The monoisotopic (exact) mass is 419 g/mol. The third-order valence-electron chi connectivity index (χ3n) is 4.26. The molecule has 0 atom stereocenters. The van der Waals surface area contributed by atoms with Crippen LogP contribution in [0.4, 0.5) is 0 Å². The van der Waals surface area contributed by atoms with E-state index in [0.717, 1.165) is 0 Å². The van der Waals surface area contributed by atoms with Crippen LogP contribution in [0, 0.1) is 0 Å². The highest BCUT2D eigenvalue weighted by Gasteiger charge is 2.12. The van der Waals surface area contributed by atoms with Crippen LogP contribution in [0.3, 0.4) is 0 Å². The Labute approximate surface area is 179 Å². The third-order valence-corrected chi connectivity index (χ3v) is 4.26. The molecule has 1 amide bonds. The van der Waals surface area contributed by atoms with Crippen LogP contribution in [0.2, 0.25) is 0 Å². The highest BCUT2D eigenvalue weighted by Crippen LogP contribution is 2.21. The quantitative estimate of drug-likeness (QED) is 0.421. The van der Waals surface area contributed by atoms with Crippen LogP contribution in [0.25, 0.3) is 0 Å². The predicted molar refractivity (Wildman–Crippen MR) is 114 cm³/mol. The second-order valence-electron chi connectivity index (χ2n) is 6.43. The van der Waals surface area contributed by atoms with Gasteiger partial charge in [-0.1, -0.05) is 18.2 Å². The Morgan fingerprint density at radius 1 is 0.742 bits per heavy atom. The summed E-state index contributed by atoms with van der Waals surface area (Å²) in [6.45, 7) is -0.760. The SMILES string of the molecule is COc1ccc(C(=O)COC(=O)CNC(=O)c2ccc(Oc3ccccc3)cc2)cc1. The molecule has 0 fully saturated rings. The van der Waals surface area contributed by atoms with Gasteiger partial charge in [0, 0.05) is 11.1 Å². The van der Waals surface area contributed by atoms with Gasteiger partial charge in [0.15, 0.2) is 12.4 Å². The maximum Gasteiger partial charge on any atom is 0.325 e. The minimum Gasteiger partial charge on any atom is -0.497 e. The van der Waals surface area contributed by atoms with Gasteiger partial charge >= 0.3 is 5.97 Å². The number of amides is 1. The molecule has 1 N–H and O–H groups in total. The standard InChI is InChI=1S/C24H21NO6/c1-29-19-11-7-17(8-12-19)22(26)16-30-23(27)15-25-24(28)18-9-13-21(14-10-18)31-20-5-3-2-4-6-20/h2-14H,15-16H2,1H3,(H,25,28). The molecule has 0 heterocycles. The van der Waals surface area contributed by atoms with E-state index < -0.39 is 18.5 Å². The summed E-state index contributed by atoms with van der Waals surface area (Å²) < 4.78 is 15.6. The first kappa shape index (κ1) is 21.6. The number of para-hydroxylation sites is 1. The lowest BCUT2D eigenvalue weighted by atomic mass is 10.1. The Morgan fingerprint density at radius 2 is 1.32 bits per heavy atom. The van der Waals surface area contributed by atoms with Crippen molar-refractivity contribution in [1.29, 1.82) is 0 Å². The molecule has 3 aromatic rings. The van der Waals surface area contributed by atoms with Crippen LogP contribution >= 0.6 is 0 Å². The van der Waals surface area contributed by atoms with Crippen LogP contribution in [0.15, 0.2) is 78.9 Å². The molecule has 31 heavy (non-hydrogen) atoms. The molecular formula is C24H21NO6. The molecule has 158 valence electrons. The fourth-order valence-corrected chi connectivity index (χ4v) is 2.61. The van der Waals surface area contributed by atoms with Gasteiger partial charge in [0.1, 0.15) is 23.8 Å². The second-order valence-corrected chi connectivity index (χ2v) is 6.43. The van der Waals surface area contributed by atoms with Gasteiger partial charge in [-0.25, -0.2) is 0 Å². The lowest BCUT2D eigenvalue weighted by Gasteiger charge is -2.08. The first-order valence-electron chi connectivity index (χ1n) is 9.49. The van der Waals surface area contributed by atoms with Crippen molar-refractivity contribution in [2.45, 2.75) is 0 Å². The third kappa shape index (κ3) is 6.43. The summed E-state index contributed by atoms with van der Waals surface area (Å²) in [5, 5.41) is 2.46. The van der Waals surface area contributed by atoms with Crippen LogP contribution in [0.5, 0.6) is 17.2 Å². The summed E-state index contributed by atoms with van der Waals surface area (Å²) in [5.74, 6) is 0.391. The number of hydrogen-bond acceptors (Lipinski definition) is 6. The van der Waals surface area contributed by atoms with Crippen LogP contribution in [-0.2, 0) is 9.53 Å². The van der Waals surface area contributed by atoms with Gasteiger partial charge in [-0.3, -0.25) is 14.4 Å². The number of ketones is 1. The maximum atomic E-state index is 12.2. The van der Waals surface area contributed by atoms with Gasteiger partial charge in [0.25, 0.3) is 5.91 Å². The van der Waals surface area contributed by atoms with Crippen molar-refractivity contribution in [3.05, 3.63) is 90.0 Å². The van der Waals surface area contributed by atoms with E-state index >= 15 is 0 Å². The molecule has 0 saturated carbocycles. The van der Waals surface area contributed by atoms with Crippen molar-refractivity contribution >= 4 is 17.7 Å². The number of hydrogen-bond donors (Lipinski definition) is 1. The van der Waals surface area contributed by atoms with Gasteiger partial charge in [-0.2, -0.15) is 0 Å². The number of esters is 1. The molecule has 7 nitrogen and oxygen atoms in total. The van der Waals surface area contributed by atoms with E-state index in [-0.39, 0.29) is 12.3 Å². The minimum absolute atomic E-state index is 0.350. The largest absolute Gasteiger partial charge is 0.497 e. The number of rotatable bonds is 9. The lowest BCUT2D eigenvalue weighted by Crippen LogP contribution is -2.31. The molecule has 0 aliphatic carbocycles. The fraction of sp³-hybridized carbons (Fsp3) is 0.125. The van der Waals surface area contributed by atoms with E-state index in [1.54, 1.807) is 48.5 Å². The van der Waals surface area contributed by atoms with Gasteiger partial charge in [-0.15, -0.1) is 0 Å². The Hall–Kier alpha value is -4.13. The normalized spacial score (nSPS) is 10.1. The number of ether oxygens (including phenoxy) is 3. The highest BCUT2D eigenvalue weighted by molar-refractivity contribution is 5.99. The zero-order valence-electron chi connectivity index (χ0n) is 16.9. The highest BCUT2D eigenvalue weighted by atomic mass is 16.5. The molecule has 0 aliphatic heterocycles. The van der Waals surface area contributed by atoms with Gasteiger partial charge in [0.2, 0.25) is 0 Å². The van der Waals surface area contributed by atoms with Crippen LogP contribution < -0.4 is 14.8 Å². The molecule has 0 unspecified atom stereocenters. The molecular weight excluding hydrogens is 398 g/mol. The van der Waals surface area contributed by atoms with E-state index in [9.17, 15) is 14.4 Å². The summed E-state index contributed by atoms with van der Waals surface area (Å²) in [7, 11) is 1.53. The summed E-state index contributed by atoms with van der Waals surface area (Å²) >= 11 is 0. The van der Waals surface area contributed by atoms with Gasteiger partial charge < -0.3 is 19.5 Å². The molecule has 3 aromatic carbocycles. The smallest absolute Gasteiger partial charge is 0.325 e. The fourth-order valence-electron chi connectivity index (χ4n) is 2.61. The Morgan fingerprint density at radius 3 is 1.97 bits per heavy atom. The zero-order chi connectivity index (χ0) is 22.1. The predicted octanol–water partition coefficient (Wildman–Crippen LogP) is 3.64. The van der Waals surface area contributed by atoms with E-state index in [2.05, 4.69) is 5.32 Å². The minimum atomic E-state index is -0.709. The van der Waals surface area contributed by atoms with E-state index in [0.29, 0.717) is 28.4 Å². The molecule has 0 aromatic heterocycles. The molecule has 0 radical (unpaired) electrons. The summed E-state index contributed by atoms with van der Waals surface area (Å²) in [6, 6.07) is 22.2. The van der Waals surface area contributed by atoms with Crippen molar-refractivity contribution < 1.29 is 28.6 Å². The Balaban J connectivity index is 1.43. The second kappa shape index (κ2) is 10.6. The molecule has 0 bridgehead atoms. The first-order chi connectivity index (χ1) is 15.0.